The van der Waals surface area contributed by atoms with Crippen LogP contribution in [0.4, 0.5) is 5.69 Å². The first kappa shape index (κ1) is 13.4. The zero-order valence-corrected chi connectivity index (χ0v) is 10.8. The molecule has 16 heavy (non-hydrogen) atoms. The molecule has 0 bridgehead atoms. The maximum atomic E-state index is 5.80. The average molecular weight is 240 g/mol. The zero-order chi connectivity index (χ0) is 11.8. The van der Waals surface area contributed by atoms with Crippen molar-refractivity contribution in [1.82, 2.24) is 0 Å². The molecule has 1 aromatic rings. The van der Waals surface area contributed by atoms with E-state index in [0.717, 1.165) is 18.0 Å². The maximum Gasteiger partial charge on any atom is 0.0635 e. The molecule has 0 spiro atoms. The van der Waals surface area contributed by atoms with Crippen LogP contribution in [0.3, 0.4) is 0 Å². The fraction of sp³-hybridized carbons (Fsp3) is 0.500. The third-order valence-corrected chi connectivity index (χ3v) is 3.24. The van der Waals surface area contributed by atoms with Gasteiger partial charge in [0.2, 0.25) is 0 Å². The smallest absolute Gasteiger partial charge is 0.0635 e. The first-order chi connectivity index (χ1) is 7.83. The van der Waals surface area contributed by atoms with Crippen LogP contribution in [0.25, 0.3) is 0 Å². The molecule has 1 rings (SSSR count). The number of nitrogens with two attached hydrogens (primary N) is 1. The highest BCUT2D eigenvalue weighted by molar-refractivity contribution is 7.99. The average Bonchev–Trinajstić information content (AvgIpc) is 2.30. The normalized spacial score (nSPS) is 10.4. The Labute approximate surface area is 102 Å². The van der Waals surface area contributed by atoms with Gasteiger partial charge < -0.3 is 15.8 Å². The molecule has 0 aliphatic carbocycles. The third kappa shape index (κ3) is 3.70. The first-order valence-corrected chi connectivity index (χ1v) is 6.49. The number of ether oxygens (including phenoxy) is 1. The van der Waals surface area contributed by atoms with Gasteiger partial charge in [0.05, 0.1) is 6.61 Å². The van der Waals surface area contributed by atoms with E-state index in [9.17, 15) is 0 Å². The van der Waals surface area contributed by atoms with Crippen LogP contribution in [0.15, 0.2) is 23.1 Å². The lowest BCUT2D eigenvalue weighted by Crippen LogP contribution is -2.11. The highest BCUT2D eigenvalue weighted by Crippen LogP contribution is 2.27. The molecule has 3 N–H and O–H groups in total. The van der Waals surface area contributed by atoms with E-state index in [2.05, 4.69) is 30.4 Å². The number of methoxy groups -OCH3 is 1. The SMILES string of the molecule is CCSc1cccc(NCCOC)c1CN. The van der Waals surface area contributed by atoms with Gasteiger partial charge in [-0.15, -0.1) is 11.8 Å². The fourth-order valence-electron chi connectivity index (χ4n) is 1.52. The number of hydrogen-bond acceptors (Lipinski definition) is 4. The summed E-state index contributed by atoms with van der Waals surface area (Å²) in [4.78, 5) is 1.27. The summed E-state index contributed by atoms with van der Waals surface area (Å²) in [6.07, 6.45) is 0. The van der Waals surface area contributed by atoms with Crippen molar-refractivity contribution in [3.8, 4) is 0 Å². The molecule has 0 atom stereocenters. The van der Waals surface area contributed by atoms with Gasteiger partial charge in [-0.05, 0) is 17.9 Å². The summed E-state index contributed by atoms with van der Waals surface area (Å²) in [6, 6.07) is 6.25. The molecule has 0 aromatic heterocycles. The van der Waals surface area contributed by atoms with Gasteiger partial charge >= 0.3 is 0 Å². The van der Waals surface area contributed by atoms with Crippen LogP contribution in [0.2, 0.25) is 0 Å². The second kappa shape index (κ2) is 7.54. The van der Waals surface area contributed by atoms with Gasteiger partial charge in [-0.25, -0.2) is 0 Å². The van der Waals surface area contributed by atoms with Crippen LogP contribution < -0.4 is 11.1 Å². The van der Waals surface area contributed by atoms with Gasteiger partial charge in [0.25, 0.3) is 0 Å². The number of anilines is 1. The van der Waals surface area contributed by atoms with Gasteiger partial charge in [0.15, 0.2) is 0 Å². The molecule has 0 saturated carbocycles. The zero-order valence-electron chi connectivity index (χ0n) is 9.95. The minimum absolute atomic E-state index is 0.568. The van der Waals surface area contributed by atoms with Crippen molar-refractivity contribution in [2.24, 2.45) is 5.73 Å². The maximum absolute atomic E-state index is 5.80. The Bertz CT molecular complexity index is 318. The molecular formula is C12H20N2OS. The van der Waals surface area contributed by atoms with E-state index in [0.29, 0.717) is 13.2 Å². The van der Waals surface area contributed by atoms with Crippen molar-refractivity contribution < 1.29 is 4.74 Å². The minimum Gasteiger partial charge on any atom is -0.383 e. The lowest BCUT2D eigenvalue weighted by molar-refractivity contribution is 0.211. The van der Waals surface area contributed by atoms with Gasteiger partial charge in [0.1, 0.15) is 0 Å². The Morgan fingerprint density at radius 1 is 1.44 bits per heavy atom. The van der Waals surface area contributed by atoms with Crippen LogP contribution in [-0.2, 0) is 11.3 Å². The van der Waals surface area contributed by atoms with E-state index in [1.165, 1.54) is 10.5 Å². The first-order valence-electron chi connectivity index (χ1n) is 5.51. The molecular weight excluding hydrogens is 220 g/mol. The predicted molar refractivity (Wildman–Crippen MR) is 71.1 cm³/mol. The summed E-state index contributed by atoms with van der Waals surface area (Å²) in [6.45, 7) is 4.23. The fourth-order valence-corrected chi connectivity index (χ4v) is 2.37. The van der Waals surface area contributed by atoms with Crippen molar-refractivity contribution in [3.05, 3.63) is 23.8 Å². The molecule has 0 saturated heterocycles. The van der Waals surface area contributed by atoms with Crippen molar-refractivity contribution in [2.75, 3.05) is 31.3 Å². The Balaban J connectivity index is 2.77. The second-order valence-electron chi connectivity index (χ2n) is 3.34. The molecule has 1 aromatic carbocycles. The third-order valence-electron chi connectivity index (χ3n) is 2.26. The van der Waals surface area contributed by atoms with Crippen molar-refractivity contribution in [3.63, 3.8) is 0 Å². The van der Waals surface area contributed by atoms with E-state index >= 15 is 0 Å². The van der Waals surface area contributed by atoms with Crippen LogP contribution >= 0.6 is 11.8 Å². The molecule has 0 fully saturated rings. The monoisotopic (exact) mass is 240 g/mol. The summed E-state index contributed by atoms with van der Waals surface area (Å²) in [7, 11) is 1.70. The number of hydrogen-bond donors (Lipinski definition) is 2. The van der Waals surface area contributed by atoms with Crippen LogP contribution in [-0.4, -0.2) is 26.0 Å². The summed E-state index contributed by atoms with van der Waals surface area (Å²) in [5.74, 6) is 1.06. The predicted octanol–water partition coefficient (Wildman–Crippen LogP) is 2.32. The van der Waals surface area contributed by atoms with Crippen molar-refractivity contribution in [2.45, 2.75) is 18.4 Å². The Morgan fingerprint density at radius 3 is 2.88 bits per heavy atom. The lowest BCUT2D eigenvalue weighted by atomic mass is 10.2. The molecule has 0 amide bonds. The van der Waals surface area contributed by atoms with Gasteiger partial charge in [-0.3, -0.25) is 0 Å². The summed E-state index contributed by atoms with van der Waals surface area (Å²) in [5.41, 5.74) is 8.12. The number of rotatable bonds is 7. The molecule has 0 unspecified atom stereocenters. The minimum atomic E-state index is 0.568. The van der Waals surface area contributed by atoms with Crippen molar-refractivity contribution >= 4 is 17.4 Å². The molecule has 3 nitrogen and oxygen atoms in total. The van der Waals surface area contributed by atoms with E-state index in [4.69, 9.17) is 10.5 Å². The number of nitrogens with one attached hydrogen (secondary N) is 1. The Kier molecular flexibility index (Phi) is 6.30. The molecule has 90 valence electrons. The standard InChI is InChI=1S/C12H20N2OS/c1-3-16-12-6-4-5-11(10(12)9-13)14-7-8-15-2/h4-6,14H,3,7-9,13H2,1-2H3. The van der Waals surface area contributed by atoms with Gasteiger partial charge in [0, 0.05) is 36.3 Å². The van der Waals surface area contributed by atoms with Crippen LogP contribution in [0.1, 0.15) is 12.5 Å². The summed E-state index contributed by atoms with van der Waals surface area (Å²) < 4.78 is 5.02. The van der Waals surface area contributed by atoms with Gasteiger partial charge in [-0.2, -0.15) is 0 Å². The largest absolute Gasteiger partial charge is 0.383 e. The second-order valence-corrected chi connectivity index (χ2v) is 4.64. The molecule has 0 aliphatic heterocycles. The molecule has 0 aliphatic rings. The quantitative estimate of drug-likeness (QED) is 0.567. The summed E-state index contributed by atoms with van der Waals surface area (Å²) >= 11 is 1.83. The van der Waals surface area contributed by atoms with E-state index in [1.807, 2.05) is 11.8 Å². The van der Waals surface area contributed by atoms with Crippen molar-refractivity contribution in [1.29, 1.82) is 0 Å². The Hall–Kier alpha value is -0.710. The molecule has 0 radical (unpaired) electrons. The highest BCUT2D eigenvalue weighted by Gasteiger charge is 2.06. The number of thioether (sulfide) groups is 1. The lowest BCUT2D eigenvalue weighted by Gasteiger charge is -2.14. The topological polar surface area (TPSA) is 47.3 Å². The van der Waals surface area contributed by atoms with E-state index < -0.39 is 0 Å². The van der Waals surface area contributed by atoms with Crippen LogP contribution in [0.5, 0.6) is 0 Å². The van der Waals surface area contributed by atoms with Crippen LogP contribution in [0, 0.1) is 0 Å². The van der Waals surface area contributed by atoms with E-state index in [1.54, 1.807) is 7.11 Å². The molecule has 4 heteroatoms. The number of benzene rings is 1. The summed E-state index contributed by atoms with van der Waals surface area (Å²) in [5, 5.41) is 3.35. The van der Waals surface area contributed by atoms with Gasteiger partial charge in [-0.1, -0.05) is 13.0 Å². The highest BCUT2D eigenvalue weighted by atomic mass is 32.2. The molecule has 0 heterocycles. The Morgan fingerprint density at radius 2 is 2.25 bits per heavy atom. The van der Waals surface area contributed by atoms with E-state index in [-0.39, 0.29) is 0 Å².